The molecule has 0 saturated heterocycles. The van der Waals surface area contributed by atoms with Gasteiger partial charge >= 0.3 is 0 Å². The molecule has 2 N–H and O–H groups in total. The number of aryl methyl sites for hydroxylation is 1. The van der Waals surface area contributed by atoms with Crippen LogP contribution in [0.4, 0.5) is 5.69 Å². The standard InChI is InChI=1S/C13H13N5S/c1-8-16-17-13(18(8)2)19-12-5-6-15-11-7-9(14)3-4-10(11)12/h3-7H,14H2,1-2H3. The van der Waals surface area contributed by atoms with Crippen molar-refractivity contribution in [2.24, 2.45) is 7.05 Å². The van der Waals surface area contributed by atoms with Crippen LogP contribution < -0.4 is 5.73 Å². The van der Waals surface area contributed by atoms with Gasteiger partial charge in [-0.05, 0) is 43.0 Å². The Bertz CT molecular complexity index is 750. The maximum atomic E-state index is 5.78. The highest BCUT2D eigenvalue weighted by atomic mass is 32.2. The van der Waals surface area contributed by atoms with E-state index >= 15 is 0 Å². The molecule has 0 bridgehead atoms. The summed E-state index contributed by atoms with van der Waals surface area (Å²) in [6, 6.07) is 7.73. The second-order valence-electron chi connectivity index (χ2n) is 4.28. The van der Waals surface area contributed by atoms with Gasteiger partial charge in [-0.15, -0.1) is 10.2 Å². The fraction of sp³-hybridized carbons (Fsp3) is 0.154. The minimum atomic E-state index is 0.719. The van der Waals surface area contributed by atoms with Gasteiger partial charge in [0, 0.05) is 29.2 Å². The van der Waals surface area contributed by atoms with Crippen LogP contribution in [-0.4, -0.2) is 19.7 Å². The molecule has 3 rings (SSSR count). The number of fused-ring (bicyclic) bond motifs is 1. The molecule has 2 aromatic heterocycles. The molecule has 19 heavy (non-hydrogen) atoms. The molecule has 0 radical (unpaired) electrons. The smallest absolute Gasteiger partial charge is 0.195 e. The number of hydrogen-bond donors (Lipinski definition) is 1. The lowest BCUT2D eigenvalue weighted by Gasteiger charge is -2.06. The Balaban J connectivity index is 2.08. The monoisotopic (exact) mass is 271 g/mol. The summed E-state index contributed by atoms with van der Waals surface area (Å²) in [7, 11) is 1.96. The van der Waals surface area contributed by atoms with E-state index in [0.717, 1.165) is 32.5 Å². The Labute approximate surface area is 114 Å². The zero-order chi connectivity index (χ0) is 13.4. The van der Waals surface area contributed by atoms with Crippen LogP contribution in [0.5, 0.6) is 0 Å². The highest BCUT2D eigenvalue weighted by molar-refractivity contribution is 7.99. The number of aromatic nitrogens is 4. The molecule has 6 heteroatoms. The second kappa shape index (κ2) is 4.55. The van der Waals surface area contributed by atoms with Crippen LogP contribution in [0.25, 0.3) is 10.9 Å². The minimum Gasteiger partial charge on any atom is -0.399 e. The van der Waals surface area contributed by atoms with Crippen molar-refractivity contribution in [3.8, 4) is 0 Å². The van der Waals surface area contributed by atoms with Crippen LogP contribution in [-0.2, 0) is 7.05 Å². The summed E-state index contributed by atoms with van der Waals surface area (Å²) in [5.74, 6) is 0.894. The number of benzene rings is 1. The molecule has 1 aromatic carbocycles. The van der Waals surface area contributed by atoms with Gasteiger partial charge in [-0.25, -0.2) is 0 Å². The molecule has 0 atom stereocenters. The molecule has 0 spiro atoms. The van der Waals surface area contributed by atoms with Crippen molar-refractivity contribution in [1.29, 1.82) is 0 Å². The van der Waals surface area contributed by atoms with Crippen LogP contribution in [0, 0.1) is 6.92 Å². The zero-order valence-electron chi connectivity index (χ0n) is 10.7. The Morgan fingerprint density at radius 1 is 1.21 bits per heavy atom. The fourth-order valence-corrected chi connectivity index (χ4v) is 2.76. The average molecular weight is 271 g/mol. The number of nitrogens with two attached hydrogens (primary N) is 1. The number of pyridine rings is 1. The third-order valence-corrected chi connectivity index (χ3v) is 4.09. The van der Waals surface area contributed by atoms with E-state index in [1.54, 1.807) is 18.0 Å². The Kier molecular flexibility index (Phi) is 2.87. The van der Waals surface area contributed by atoms with E-state index in [0.29, 0.717) is 0 Å². The van der Waals surface area contributed by atoms with Crippen molar-refractivity contribution < 1.29 is 0 Å². The summed E-state index contributed by atoms with van der Waals surface area (Å²) in [5, 5.41) is 10.2. The van der Waals surface area contributed by atoms with Crippen LogP contribution in [0.3, 0.4) is 0 Å². The molecule has 0 aliphatic rings. The predicted molar refractivity (Wildman–Crippen MR) is 76.0 cm³/mol. The molecule has 5 nitrogen and oxygen atoms in total. The van der Waals surface area contributed by atoms with E-state index in [-0.39, 0.29) is 0 Å². The summed E-state index contributed by atoms with van der Waals surface area (Å²) >= 11 is 1.58. The van der Waals surface area contributed by atoms with E-state index in [4.69, 9.17) is 5.73 Å². The number of nitrogen functional groups attached to an aromatic ring is 1. The topological polar surface area (TPSA) is 69.6 Å². The van der Waals surface area contributed by atoms with E-state index in [9.17, 15) is 0 Å². The first kappa shape index (κ1) is 12.0. The lowest BCUT2D eigenvalue weighted by atomic mass is 10.2. The molecular weight excluding hydrogens is 258 g/mol. The van der Waals surface area contributed by atoms with E-state index in [2.05, 4.69) is 15.2 Å². The molecule has 0 fully saturated rings. The number of nitrogens with zero attached hydrogens (tertiary/aromatic N) is 4. The number of hydrogen-bond acceptors (Lipinski definition) is 5. The van der Waals surface area contributed by atoms with Gasteiger partial charge in [-0.3, -0.25) is 4.98 Å². The van der Waals surface area contributed by atoms with Crippen molar-refractivity contribution in [2.45, 2.75) is 17.0 Å². The van der Waals surface area contributed by atoms with Gasteiger partial charge in [0.05, 0.1) is 5.52 Å². The van der Waals surface area contributed by atoms with Crippen molar-refractivity contribution in [3.05, 3.63) is 36.3 Å². The van der Waals surface area contributed by atoms with Gasteiger partial charge < -0.3 is 10.3 Å². The van der Waals surface area contributed by atoms with Gasteiger partial charge in [-0.1, -0.05) is 0 Å². The summed E-state index contributed by atoms with van der Waals surface area (Å²) in [4.78, 5) is 5.43. The SMILES string of the molecule is Cc1nnc(Sc2ccnc3cc(N)ccc23)n1C. The van der Waals surface area contributed by atoms with Gasteiger partial charge in [0.1, 0.15) is 5.82 Å². The second-order valence-corrected chi connectivity index (χ2v) is 5.29. The average Bonchev–Trinajstić information content (AvgIpc) is 2.71. The summed E-state index contributed by atoms with van der Waals surface area (Å²) in [6.45, 7) is 1.93. The zero-order valence-corrected chi connectivity index (χ0v) is 11.5. The predicted octanol–water partition coefficient (Wildman–Crippen LogP) is 2.41. The van der Waals surface area contributed by atoms with E-state index < -0.39 is 0 Å². The molecule has 3 aromatic rings. The molecular formula is C13H13N5S. The number of anilines is 1. The first-order chi connectivity index (χ1) is 9.15. The first-order valence-corrected chi connectivity index (χ1v) is 6.65. The van der Waals surface area contributed by atoms with Gasteiger partial charge in [-0.2, -0.15) is 0 Å². The van der Waals surface area contributed by atoms with Gasteiger partial charge in [0.15, 0.2) is 5.16 Å². The van der Waals surface area contributed by atoms with Crippen molar-refractivity contribution in [3.63, 3.8) is 0 Å². The lowest BCUT2D eigenvalue weighted by molar-refractivity contribution is 0.766. The molecule has 0 aliphatic heterocycles. The summed E-state index contributed by atoms with van der Waals surface area (Å²) in [6.07, 6.45) is 1.79. The Morgan fingerprint density at radius 2 is 2.05 bits per heavy atom. The van der Waals surface area contributed by atoms with Crippen molar-refractivity contribution >= 4 is 28.4 Å². The summed E-state index contributed by atoms with van der Waals surface area (Å²) in [5.41, 5.74) is 7.39. The van der Waals surface area contributed by atoms with E-state index in [1.807, 2.05) is 42.8 Å². The van der Waals surface area contributed by atoms with Crippen LogP contribution in [0.15, 0.2) is 40.5 Å². The van der Waals surface area contributed by atoms with Crippen molar-refractivity contribution in [2.75, 3.05) is 5.73 Å². The maximum absolute atomic E-state index is 5.78. The molecule has 0 saturated carbocycles. The normalized spacial score (nSPS) is 11.1. The number of rotatable bonds is 2. The summed E-state index contributed by atoms with van der Waals surface area (Å²) < 4.78 is 1.97. The fourth-order valence-electron chi connectivity index (χ4n) is 1.80. The highest BCUT2D eigenvalue weighted by Gasteiger charge is 2.09. The molecule has 0 aliphatic carbocycles. The Hall–Kier alpha value is -2.08. The minimum absolute atomic E-state index is 0.719. The molecule has 96 valence electrons. The Morgan fingerprint density at radius 3 is 2.79 bits per heavy atom. The van der Waals surface area contributed by atoms with Gasteiger partial charge in [0.25, 0.3) is 0 Å². The molecule has 2 heterocycles. The van der Waals surface area contributed by atoms with Crippen LogP contribution in [0.2, 0.25) is 0 Å². The molecule has 0 amide bonds. The largest absolute Gasteiger partial charge is 0.399 e. The lowest BCUT2D eigenvalue weighted by Crippen LogP contribution is -1.93. The third-order valence-electron chi connectivity index (χ3n) is 2.98. The van der Waals surface area contributed by atoms with Crippen molar-refractivity contribution in [1.82, 2.24) is 19.7 Å². The van der Waals surface area contributed by atoms with E-state index in [1.165, 1.54) is 0 Å². The third kappa shape index (κ3) is 2.15. The van der Waals surface area contributed by atoms with Gasteiger partial charge in [0.2, 0.25) is 0 Å². The van der Waals surface area contributed by atoms with Crippen LogP contribution in [0.1, 0.15) is 5.82 Å². The highest BCUT2D eigenvalue weighted by Crippen LogP contribution is 2.32. The molecule has 0 unspecified atom stereocenters. The van der Waals surface area contributed by atoms with Crippen LogP contribution >= 0.6 is 11.8 Å². The maximum Gasteiger partial charge on any atom is 0.195 e. The first-order valence-electron chi connectivity index (χ1n) is 5.83. The quantitative estimate of drug-likeness (QED) is 0.725.